The SMILES string of the molecule is CN(c1ccc(C(N)=NO)cc1)S(C)(=O)=O. The molecule has 0 amide bonds. The lowest BCUT2D eigenvalue weighted by Crippen LogP contribution is -2.24. The van der Waals surface area contributed by atoms with Crippen LogP contribution >= 0.6 is 0 Å². The molecule has 1 aromatic carbocycles. The number of benzene rings is 1. The van der Waals surface area contributed by atoms with Crippen molar-refractivity contribution in [2.75, 3.05) is 17.6 Å². The highest BCUT2D eigenvalue weighted by Gasteiger charge is 2.11. The Morgan fingerprint density at radius 1 is 1.38 bits per heavy atom. The first-order chi connectivity index (χ1) is 7.36. The lowest BCUT2D eigenvalue weighted by atomic mass is 10.2. The standard InChI is InChI=1S/C9H13N3O3S/c1-12(16(2,14)15)8-5-3-7(4-6-8)9(10)11-13/h3-6,13H,1-2H3,(H2,10,11). The van der Waals surface area contributed by atoms with Gasteiger partial charge in [-0.2, -0.15) is 0 Å². The minimum Gasteiger partial charge on any atom is -0.409 e. The van der Waals surface area contributed by atoms with Gasteiger partial charge >= 0.3 is 0 Å². The molecule has 0 aliphatic rings. The van der Waals surface area contributed by atoms with Crippen molar-refractivity contribution in [3.05, 3.63) is 29.8 Å². The van der Waals surface area contributed by atoms with Crippen molar-refractivity contribution in [2.24, 2.45) is 10.9 Å². The van der Waals surface area contributed by atoms with Crippen molar-refractivity contribution in [3.8, 4) is 0 Å². The van der Waals surface area contributed by atoms with Gasteiger partial charge in [-0.05, 0) is 24.3 Å². The molecular formula is C9H13N3O3S. The molecule has 0 saturated heterocycles. The fourth-order valence-electron chi connectivity index (χ4n) is 1.09. The summed E-state index contributed by atoms with van der Waals surface area (Å²) in [6.07, 6.45) is 1.12. The van der Waals surface area contributed by atoms with Crippen molar-refractivity contribution in [1.82, 2.24) is 0 Å². The van der Waals surface area contributed by atoms with Crippen molar-refractivity contribution in [1.29, 1.82) is 0 Å². The molecule has 0 spiro atoms. The summed E-state index contributed by atoms with van der Waals surface area (Å²) in [7, 11) is -1.82. The third-order valence-electron chi connectivity index (χ3n) is 2.13. The predicted molar refractivity (Wildman–Crippen MR) is 62.2 cm³/mol. The highest BCUT2D eigenvalue weighted by molar-refractivity contribution is 7.92. The Kier molecular flexibility index (Phi) is 3.38. The maximum absolute atomic E-state index is 11.2. The molecular weight excluding hydrogens is 230 g/mol. The Morgan fingerprint density at radius 2 is 1.88 bits per heavy atom. The molecule has 0 unspecified atom stereocenters. The lowest BCUT2D eigenvalue weighted by Gasteiger charge is -2.16. The largest absolute Gasteiger partial charge is 0.409 e. The molecule has 7 heteroatoms. The number of rotatable bonds is 3. The van der Waals surface area contributed by atoms with E-state index in [1.807, 2.05) is 0 Å². The van der Waals surface area contributed by atoms with E-state index in [2.05, 4.69) is 5.16 Å². The van der Waals surface area contributed by atoms with Crippen LogP contribution in [0.15, 0.2) is 29.4 Å². The Hall–Kier alpha value is -1.76. The Bertz CT molecular complexity index is 493. The van der Waals surface area contributed by atoms with Crippen LogP contribution in [0.1, 0.15) is 5.56 Å². The molecule has 0 bridgehead atoms. The predicted octanol–water partition coefficient (Wildman–Crippen LogP) is 0.177. The summed E-state index contributed by atoms with van der Waals surface area (Å²) in [6, 6.07) is 6.31. The van der Waals surface area contributed by atoms with Crippen molar-refractivity contribution < 1.29 is 13.6 Å². The minimum atomic E-state index is -3.27. The van der Waals surface area contributed by atoms with Gasteiger partial charge in [0.2, 0.25) is 10.0 Å². The summed E-state index contributed by atoms with van der Waals surface area (Å²) >= 11 is 0. The van der Waals surface area contributed by atoms with E-state index >= 15 is 0 Å². The normalized spacial score (nSPS) is 12.5. The Balaban J connectivity index is 3.05. The molecule has 3 N–H and O–H groups in total. The molecule has 0 heterocycles. The second-order valence-corrected chi connectivity index (χ2v) is 5.28. The highest BCUT2D eigenvalue weighted by atomic mass is 32.2. The Morgan fingerprint density at radius 3 is 2.25 bits per heavy atom. The quantitative estimate of drug-likeness (QED) is 0.342. The van der Waals surface area contributed by atoms with Gasteiger partial charge < -0.3 is 10.9 Å². The molecule has 6 nitrogen and oxygen atoms in total. The molecule has 0 aromatic heterocycles. The Labute approximate surface area is 94.0 Å². The summed E-state index contributed by atoms with van der Waals surface area (Å²) in [5, 5.41) is 11.3. The zero-order chi connectivity index (χ0) is 12.3. The van der Waals surface area contributed by atoms with Crippen LogP contribution in [-0.4, -0.2) is 32.8 Å². The van der Waals surface area contributed by atoms with E-state index < -0.39 is 10.0 Å². The van der Waals surface area contributed by atoms with Gasteiger partial charge in [-0.1, -0.05) is 5.16 Å². The number of anilines is 1. The van der Waals surface area contributed by atoms with E-state index in [4.69, 9.17) is 10.9 Å². The molecule has 0 aliphatic carbocycles. The molecule has 0 radical (unpaired) electrons. The molecule has 1 rings (SSSR count). The summed E-state index contributed by atoms with van der Waals surface area (Å²) in [6.45, 7) is 0. The van der Waals surface area contributed by atoms with Gasteiger partial charge in [0.1, 0.15) is 0 Å². The first-order valence-corrected chi connectivity index (χ1v) is 6.23. The summed E-state index contributed by atoms with van der Waals surface area (Å²) in [5.74, 6) is -0.0199. The van der Waals surface area contributed by atoms with Gasteiger partial charge in [0, 0.05) is 12.6 Å². The minimum absolute atomic E-state index is 0.0199. The third kappa shape index (κ3) is 2.63. The van der Waals surface area contributed by atoms with E-state index in [1.165, 1.54) is 7.05 Å². The maximum Gasteiger partial charge on any atom is 0.231 e. The fourth-order valence-corrected chi connectivity index (χ4v) is 1.60. The monoisotopic (exact) mass is 243 g/mol. The number of nitrogens with two attached hydrogens (primary N) is 1. The first kappa shape index (κ1) is 12.3. The second kappa shape index (κ2) is 4.40. The van der Waals surface area contributed by atoms with Gasteiger partial charge in [-0.15, -0.1) is 0 Å². The van der Waals surface area contributed by atoms with Crippen LogP contribution in [-0.2, 0) is 10.0 Å². The van der Waals surface area contributed by atoms with E-state index in [-0.39, 0.29) is 5.84 Å². The summed E-state index contributed by atoms with van der Waals surface area (Å²) in [4.78, 5) is 0. The number of hydrogen-bond acceptors (Lipinski definition) is 4. The van der Waals surface area contributed by atoms with Gasteiger partial charge in [0.25, 0.3) is 0 Å². The van der Waals surface area contributed by atoms with E-state index in [1.54, 1.807) is 24.3 Å². The number of amidine groups is 1. The third-order valence-corrected chi connectivity index (χ3v) is 3.34. The van der Waals surface area contributed by atoms with Gasteiger partial charge in [0.05, 0.1) is 11.9 Å². The molecule has 1 aromatic rings. The van der Waals surface area contributed by atoms with E-state index in [0.29, 0.717) is 11.3 Å². The molecule has 0 aliphatic heterocycles. The summed E-state index contributed by atoms with van der Waals surface area (Å²) in [5.41, 5.74) is 6.41. The van der Waals surface area contributed by atoms with Gasteiger partial charge in [0.15, 0.2) is 5.84 Å². The molecule has 0 fully saturated rings. The first-order valence-electron chi connectivity index (χ1n) is 4.38. The van der Waals surface area contributed by atoms with Gasteiger partial charge in [-0.25, -0.2) is 8.42 Å². The van der Waals surface area contributed by atoms with Crippen LogP contribution in [0.3, 0.4) is 0 Å². The molecule has 16 heavy (non-hydrogen) atoms. The van der Waals surface area contributed by atoms with Crippen LogP contribution in [0.5, 0.6) is 0 Å². The fraction of sp³-hybridized carbons (Fsp3) is 0.222. The van der Waals surface area contributed by atoms with Gasteiger partial charge in [-0.3, -0.25) is 4.31 Å². The smallest absolute Gasteiger partial charge is 0.231 e. The molecule has 0 atom stereocenters. The summed E-state index contributed by atoms with van der Waals surface area (Å²) < 4.78 is 23.6. The van der Waals surface area contributed by atoms with Crippen LogP contribution in [0.2, 0.25) is 0 Å². The highest BCUT2D eigenvalue weighted by Crippen LogP contribution is 2.16. The van der Waals surface area contributed by atoms with Crippen LogP contribution in [0.25, 0.3) is 0 Å². The zero-order valence-corrected chi connectivity index (χ0v) is 9.77. The van der Waals surface area contributed by atoms with Crippen molar-refractivity contribution in [2.45, 2.75) is 0 Å². The second-order valence-electron chi connectivity index (χ2n) is 3.26. The van der Waals surface area contributed by atoms with Crippen LogP contribution in [0.4, 0.5) is 5.69 Å². The van der Waals surface area contributed by atoms with Crippen molar-refractivity contribution in [3.63, 3.8) is 0 Å². The lowest BCUT2D eigenvalue weighted by molar-refractivity contribution is 0.318. The number of hydrogen-bond donors (Lipinski definition) is 2. The zero-order valence-electron chi connectivity index (χ0n) is 8.95. The molecule has 0 saturated carbocycles. The van der Waals surface area contributed by atoms with Crippen molar-refractivity contribution >= 4 is 21.5 Å². The number of sulfonamides is 1. The topological polar surface area (TPSA) is 96.0 Å². The van der Waals surface area contributed by atoms with E-state index in [9.17, 15) is 8.42 Å². The number of oxime groups is 1. The number of nitrogens with zero attached hydrogens (tertiary/aromatic N) is 2. The average molecular weight is 243 g/mol. The van der Waals surface area contributed by atoms with Crippen LogP contribution in [0, 0.1) is 0 Å². The maximum atomic E-state index is 11.2. The molecule has 88 valence electrons. The van der Waals surface area contributed by atoms with E-state index in [0.717, 1.165) is 10.6 Å². The van der Waals surface area contributed by atoms with Crippen LogP contribution < -0.4 is 10.0 Å². The average Bonchev–Trinajstić information content (AvgIpc) is 2.26.